The maximum atomic E-state index is 13.5. The summed E-state index contributed by atoms with van der Waals surface area (Å²) < 4.78 is 15.7. The molecule has 0 spiro atoms. The van der Waals surface area contributed by atoms with Gasteiger partial charge in [-0.2, -0.15) is 0 Å². The van der Waals surface area contributed by atoms with Gasteiger partial charge in [0.1, 0.15) is 5.82 Å². The van der Waals surface area contributed by atoms with Crippen LogP contribution in [0.3, 0.4) is 0 Å². The van der Waals surface area contributed by atoms with Crippen LogP contribution in [0.15, 0.2) is 42.5 Å². The Kier molecular flexibility index (Phi) is 5.24. The van der Waals surface area contributed by atoms with E-state index in [4.69, 9.17) is 0 Å². The van der Waals surface area contributed by atoms with E-state index < -0.39 is 0 Å². The largest absolute Gasteiger partial charge is 0.359 e. The number of carbonyl (C=O) groups excluding carboxylic acids is 1. The molecule has 2 heterocycles. The number of nitrogens with one attached hydrogen (secondary N) is 1. The zero-order chi connectivity index (χ0) is 20.5. The minimum absolute atomic E-state index is 0.0681. The molecule has 29 heavy (non-hydrogen) atoms. The highest BCUT2D eigenvalue weighted by Crippen LogP contribution is 2.33. The summed E-state index contributed by atoms with van der Waals surface area (Å²) in [6, 6.07) is 12.9. The Labute approximate surface area is 170 Å². The molecule has 0 bridgehead atoms. The zero-order valence-corrected chi connectivity index (χ0v) is 17.1. The molecular formula is C24H26FN3O. The topological polar surface area (TPSA) is 37.3 Å². The van der Waals surface area contributed by atoms with E-state index in [1.807, 2.05) is 0 Å². The van der Waals surface area contributed by atoms with Gasteiger partial charge in [0.2, 0.25) is 5.91 Å². The number of hydrogen-bond acceptors (Lipinski definition) is 2. The smallest absolute Gasteiger partial charge is 0.224 e. The molecule has 0 saturated carbocycles. The molecule has 0 unspecified atom stereocenters. The van der Waals surface area contributed by atoms with Crippen LogP contribution >= 0.6 is 0 Å². The van der Waals surface area contributed by atoms with E-state index in [0.717, 1.165) is 36.2 Å². The Balaban J connectivity index is 1.91. The standard InChI is InChI=1S/C24H26FN3O/c1-16-4-9-22-20(12-16)21-15-27(3)11-10-23(21)28(22)14-18(13-24(29)26-2)17-5-7-19(25)8-6-17/h4-9,12,14H,10-11,13,15H2,1-3H3,(H,26,29)/b18-14-. The van der Waals surface area contributed by atoms with Gasteiger partial charge in [-0.15, -0.1) is 0 Å². The monoisotopic (exact) mass is 391 g/mol. The Bertz CT molecular complexity index is 1100. The van der Waals surface area contributed by atoms with E-state index in [1.165, 1.54) is 34.3 Å². The van der Waals surface area contributed by atoms with Gasteiger partial charge >= 0.3 is 0 Å². The highest BCUT2D eigenvalue weighted by molar-refractivity contribution is 5.95. The van der Waals surface area contributed by atoms with Crippen LogP contribution in [-0.4, -0.2) is 36.0 Å². The van der Waals surface area contributed by atoms with E-state index in [9.17, 15) is 9.18 Å². The number of amides is 1. The van der Waals surface area contributed by atoms with Crippen molar-refractivity contribution >= 4 is 28.6 Å². The Morgan fingerprint density at radius 3 is 2.69 bits per heavy atom. The molecule has 1 aliphatic rings. The zero-order valence-electron chi connectivity index (χ0n) is 17.1. The third-order valence-corrected chi connectivity index (χ3v) is 5.66. The number of rotatable bonds is 4. The van der Waals surface area contributed by atoms with Crippen LogP contribution in [-0.2, 0) is 17.8 Å². The quantitative estimate of drug-likeness (QED) is 0.723. The maximum absolute atomic E-state index is 13.5. The number of nitrogens with zero attached hydrogens (tertiary/aromatic N) is 2. The van der Waals surface area contributed by atoms with Crippen LogP contribution in [0.2, 0.25) is 0 Å². The van der Waals surface area contributed by atoms with Gasteiger partial charge in [0.05, 0.1) is 11.9 Å². The van der Waals surface area contributed by atoms with E-state index in [2.05, 4.69) is 53.2 Å². The second kappa shape index (κ2) is 7.84. The van der Waals surface area contributed by atoms with Crippen molar-refractivity contribution in [3.8, 4) is 0 Å². The van der Waals surface area contributed by atoms with Crippen LogP contribution in [0.4, 0.5) is 4.39 Å². The normalized spacial score (nSPS) is 14.8. The number of carbonyl (C=O) groups is 1. The third kappa shape index (κ3) is 3.83. The molecule has 1 N–H and O–H groups in total. The van der Waals surface area contributed by atoms with Gasteiger partial charge in [0, 0.05) is 43.8 Å². The lowest BCUT2D eigenvalue weighted by molar-refractivity contribution is -0.119. The molecule has 5 heteroatoms. The van der Waals surface area contributed by atoms with Crippen molar-refractivity contribution in [2.45, 2.75) is 26.3 Å². The van der Waals surface area contributed by atoms with Crippen LogP contribution in [0.25, 0.3) is 22.7 Å². The van der Waals surface area contributed by atoms with Gasteiger partial charge < -0.3 is 14.8 Å². The lowest BCUT2D eigenvalue weighted by Crippen LogP contribution is -2.26. The summed E-state index contributed by atoms with van der Waals surface area (Å²) in [5.74, 6) is -0.350. The van der Waals surface area contributed by atoms with Crippen molar-refractivity contribution in [2.75, 3.05) is 20.6 Å². The highest BCUT2D eigenvalue weighted by Gasteiger charge is 2.22. The molecule has 4 rings (SSSR count). The number of likely N-dealkylation sites (N-methyl/N-ethyl adjacent to an activating group) is 1. The summed E-state index contributed by atoms with van der Waals surface area (Å²) in [5, 5.41) is 3.96. The molecule has 4 nitrogen and oxygen atoms in total. The third-order valence-electron chi connectivity index (χ3n) is 5.66. The predicted octanol–water partition coefficient (Wildman–Crippen LogP) is 4.21. The Morgan fingerprint density at radius 1 is 1.21 bits per heavy atom. The summed E-state index contributed by atoms with van der Waals surface area (Å²) in [6.07, 6.45) is 3.25. The molecule has 0 aliphatic carbocycles. The molecule has 0 saturated heterocycles. The molecule has 2 aromatic carbocycles. The second-order valence-electron chi connectivity index (χ2n) is 7.81. The number of benzene rings is 2. The number of fused-ring (bicyclic) bond motifs is 3. The fourth-order valence-electron chi connectivity index (χ4n) is 4.09. The summed E-state index contributed by atoms with van der Waals surface area (Å²) in [7, 11) is 3.78. The van der Waals surface area contributed by atoms with Crippen molar-refractivity contribution in [1.82, 2.24) is 14.8 Å². The minimum Gasteiger partial charge on any atom is -0.359 e. The summed E-state index contributed by atoms with van der Waals surface area (Å²) in [6.45, 7) is 4.02. The molecule has 1 aromatic heterocycles. The van der Waals surface area contributed by atoms with Crippen LogP contribution in [0.5, 0.6) is 0 Å². The van der Waals surface area contributed by atoms with E-state index in [0.29, 0.717) is 0 Å². The van der Waals surface area contributed by atoms with Crippen LogP contribution < -0.4 is 5.32 Å². The fourth-order valence-corrected chi connectivity index (χ4v) is 4.09. The Hall–Kier alpha value is -2.92. The van der Waals surface area contributed by atoms with Crippen molar-refractivity contribution in [3.63, 3.8) is 0 Å². The van der Waals surface area contributed by atoms with Gasteiger partial charge in [0.15, 0.2) is 0 Å². The first kappa shape index (κ1) is 19.4. The van der Waals surface area contributed by atoms with E-state index >= 15 is 0 Å². The van der Waals surface area contributed by atoms with Gasteiger partial charge in [-0.25, -0.2) is 4.39 Å². The maximum Gasteiger partial charge on any atom is 0.224 e. The van der Waals surface area contributed by atoms with Gasteiger partial charge in [0.25, 0.3) is 0 Å². The van der Waals surface area contributed by atoms with Crippen molar-refractivity contribution in [3.05, 3.63) is 70.7 Å². The first-order chi connectivity index (χ1) is 14.0. The average Bonchev–Trinajstić information content (AvgIpc) is 3.00. The molecule has 1 amide bonds. The van der Waals surface area contributed by atoms with Crippen molar-refractivity contribution < 1.29 is 9.18 Å². The summed E-state index contributed by atoms with van der Waals surface area (Å²) in [4.78, 5) is 14.5. The molecule has 0 atom stereocenters. The minimum atomic E-state index is -0.282. The molecule has 0 fully saturated rings. The lowest BCUT2D eigenvalue weighted by Gasteiger charge is -2.23. The summed E-state index contributed by atoms with van der Waals surface area (Å²) >= 11 is 0. The lowest BCUT2D eigenvalue weighted by atomic mass is 10.0. The highest BCUT2D eigenvalue weighted by atomic mass is 19.1. The van der Waals surface area contributed by atoms with E-state index in [-0.39, 0.29) is 18.1 Å². The van der Waals surface area contributed by atoms with Crippen molar-refractivity contribution in [1.29, 1.82) is 0 Å². The molecule has 0 radical (unpaired) electrons. The molecule has 150 valence electrons. The van der Waals surface area contributed by atoms with E-state index in [1.54, 1.807) is 19.2 Å². The molecule has 3 aromatic rings. The SMILES string of the molecule is CNC(=O)C/C(=C/n1c2c(c3cc(C)ccc31)CN(C)CC2)c1ccc(F)cc1. The fraction of sp³-hybridized carbons (Fsp3) is 0.292. The van der Waals surface area contributed by atoms with Crippen LogP contribution in [0.1, 0.15) is 28.8 Å². The van der Waals surface area contributed by atoms with Gasteiger partial charge in [-0.3, -0.25) is 4.79 Å². The first-order valence-corrected chi connectivity index (χ1v) is 9.94. The number of aryl methyl sites for hydroxylation is 1. The number of hydrogen-bond donors (Lipinski definition) is 1. The van der Waals surface area contributed by atoms with Crippen molar-refractivity contribution in [2.24, 2.45) is 0 Å². The first-order valence-electron chi connectivity index (χ1n) is 9.94. The van der Waals surface area contributed by atoms with Gasteiger partial charge in [-0.05, 0) is 54.9 Å². The van der Waals surface area contributed by atoms with Gasteiger partial charge in [-0.1, -0.05) is 23.8 Å². The predicted molar refractivity (Wildman–Crippen MR) is 116 cm³/mol. The number of halogens is 1. The average molecular weight is 391 g/mol. The molecular weight excluding hydrogens is 365 g/mol. The van der Waals surface area contributed by atoms with Crippen LogP contribution in [0, 0.1) is 12.7 Å². The Morgan fingerprint density at radius 2 is 1.97 bits per heavy atom. The molecule has 1 aliphatic heterocycles. The second-order valence-corrected chi connectivity index (χ2v) is 7.81. The number of aromatic nitrogens is 1. The summed E-state index contributed by atoms with van der Waals surface area (Å²) in [5.41, 5.74) is 6.74.